The van der Waals surface area contributed by atoms with Crippen LogP contribution in [0.5, 0.6) is 0 Å². The Labute approximate surface area is 157 Å². The van der Waals surface area contributed by atoms with Gasteiger partial charge in [-0.1, -0.05) is 13.0 Å². The molecule has 0 aliphatic heterocycles. The third-order valence-electron chi connectivity index (χ3n) is 4.32. The van der Waals surface area contributed by atoms with Gasteiger partial charge in [-0.2, -0.15) is 13.2 Å². The highest BCUT2D eigenvalue weighted by Crippen LogP contribution is 2.38. The quantitative estimate of drug-likeness (QED) is 0.446. The van der Waals surface area contributed by atoms with Crippen molar-refractivity contribution in [3.63, 3.8) is 0 Å². The maximum Gasteiger partial charge on any atom is 0.433 e. The molecule has 1 aromatic carbocycles. The first-order valence-corrected chi connectivity index (χ1v) is 9.29. The first-order valence-electron chi connectivity index (χ1n) is 8.30. The summed E-state index contributed by atoms with van der Waals surface area (Å²) in [6.07, 6.45) is -1.53. The number of benzene rings is 1. The number of thioether (sulfide) groups is 1. The summed E-state index contributed by atoms with van der Waals surface area (Å²) >= 11 is 1.66. The molecule has 0 unspecified atom stereocenters. The fraction of sp³-hybridized carbons (Fsp3) is 0.211. The number of aryl methyl sites for hydroxylation is 1. The Morgan fingerprint density at radius 1 is 1.11 bits per heavy atom. The third kappa shape index (κ3) is 3.03. The van der Waals surface area contributed by atoms with Crippen molar-refractivity contribution in [2.24, 2.45) is 7.05 Å². The van der Waals surface area contributed by atoms with E-state index in [9.17, 15) is 13.2 Å². The first-order chi connectivity index (χ1) is 12.9. The zero-order valence-electron chi connectivity index (χ0n) is 14.6. The number of aromatic nitrogens is 4. The van der Waals surface area contributed by atoms with Gasteiger partial charge < -0.3 is 4.57 Å². The minimum absolute atomic E-state index is 0.272. The summed E-state index contributed by atoms with van der Waals surface area (Å²) in [6, 6.07) is 8.69. The summed E-state index contributed by atoms with van der Waals surface area (Å²) in [4.78, 5) is 13.5. The summed E-state index contributed by atoms with van der Waals surface area (Å²) in [6.45, 7) is 2.05. The van der Waals surface area contributed by atoms with Crippen LogP contribution in [0.15, 0.2) is 47.6 Å². The van der Waals surface area contributed by atoms with Crippen LogP contribution >= 0.6 is 11.8 Å². The van der Waals surface area contributed by atoms with Crippen molar-refractivity contribution in [2.75, 3.05) is 5.75 Å². The van der Waals surface area contributed by atoms with Crippen molar-refractivity contribution in [3.8, 4) is 11.4 Å². The van der Waals surface area contributed by atoms with Crippen LogP contribution in [-0.2, 0) is 13.2 Å². The smallest absolute Gasteiger partial charge is 0.326 e. The Kier molecular flexibility index (Phi) is 4.30. The minimum Gasteiger partial charge on any atom is -0.326 e. The summed E-state index contributed by atoms with van der Waals surface area (Å²) < 4.78 is 40.7. The van der Waals surface area contributed by atoms with E-state index in [0.717, 1.165) is 33.2 Å². The number of imidazole rings is 1. The predicted octanol–water partition coefficient (Wildman–Crippen LogP) is 5.31. The molecule has 0 saturated carbocycles. The van der Waals surface area contributed by atoms with Gasteiger partial charge in [-0.25, -0.2) is 9.97 Å². The van der Waals surface area contributed by atoms with Gasteiger partial charge >= 0.3 is 6.18 Å². The van der Waals surface area contributed by atoms with Crippen LogP contribution in [0.4, 0.5) is 13.2 Å². The summed E-state index contributed by atoms with van der Waals surface area (Å²) in [5.74, 6) is 1.46. The number of alkyl halides is 3. The van der Waals surface area contributed by atoms with E-state index in [1.54, 1.807) is 29.6 Å². The largest absolute Gasteiger partial charge is 0.433 e. The number of hydrogen-bond acceptors (Lipinski definition) is 4. The van der Waals surface area contributed by atoms with E-state index in [-0.39, 0.29) is 5.52 Å². The van der Waals surface area contributed by atoms with E-state index < -0.39 is 11.9 Å². The van der Waals surface area contributed by atoms with Crippen molar-refractivity contribution in [1.82, 2.24) is 19.5 Å². The summed E-state index contributed by atoms with van der Waals surface area (Å²) in [5, 5.41) is 1.00. The van der Waals surface area contributed by atoms with Crippen LogP contribution in [0.2, 0.25) is 0 Å². The van der Waals surface area contributed by atoms with Crippen LogP contribution in [0.1, 0.15) is 12.6 Å². The Bertz CT molecular complexity index is 1150. The fourth-order valence-electron chi connectivity index (χ4n) is 3.09. The maximum atomic E-state index is 13.0. The number of pyridine rings is 2. The van der Waals surface area contributed by atoms with E-state index in [1.165, 1.54) is 6.20 Å². The highest BCUT2D eigenvalue weighted by Gasteiger charge is 2.33. The molecule has 0 aliphatic rings. The number of nitrogens with zero attached hydrogens (tertiary/aromatic N) is 4. The van der Waals surface area contributed by atoms with Crippen LogP contribution in [-0.4, -0.2) is 25.3 Å². The molecule has 0 aliphatic carbocycles. The number of fused-ring (bicyclic) bond motifs is 2. The zero-order chi connectivity index (χ0) is 19.2. The van der Waals surface area contributed by atoms with Crippen molar-refractivity contribution < 1.29 is 13.2 Å². The van der Waals surface area contributed by atoms with Gasteiger partial charge in [-0.05, 0) is 30.0 Å². The van der Waals surface area contributed by atoms with Crippen molar-refractivity contribution in [2.45, 2.75) is 18.0 Å². The Morgan fingerprint density at radius 2 is 1.93 bits per heavy atom. The molecule has 3 heterocycles. The molecule has 138 valence electrons. The number of rotatable bonds is 3. The second-order valence-corrected chi connectivity index (χ2v) is 7.27. The number of hydrogen-bond donors (Lipinski definition) is 0. The summed E-state index contributed by atoms with van der Waals surface area (Å²) in [5.41, 5.74) is 1.63. The van der Waals surface area contributed by atoms with Crippen LogP contribution in [0.3, 0.4) is 0 Å². The Balaban J connectivity index is 1.96. The van der Waals surface area contributed by atoms with Gasteiger partial charge in [0.1, 0.15) is 11.5 Å². The first kappa shape index (κ1) is 17.8. The van der Waals surface area contributed by atoms with Gasteiger partial charge in [-0.3, -0.25) is 4.98 Å². The monoisotopic (exact) mass is 388 g/mol. The third-order valence-corrected chi connectivity index (χ3v) is 5.34. The molecule has 4 rings (SSSR count). The van der Waals surface area contributed by atoms with Gasteiger partial charge in [0.05, 0.1) is 22.7 Å². The molecule has 4 aromatic rings. The highest BCUT2D eigenvalue weighted by atomic mass is 32.2. The lowest BCUT2D eigenvalue weighted by atomic mass is 10.1. The molecule has 0 atom stereocenters. The van der Waals surface area contributed by atoms with E-state index in [4.69, 9.17) is 0 Å². The van der Waals surface area contributed by atoms with E-state index >= 15 is 0 Å². The topological polar surface area (TPSA) is 43.6 Å². The molecule has 27 heavy (non-hydrogen) atoms. The van der Waals surface area contributed by atoms with Gasteiger partial charge in [0.25, 0.3) is 0 Å². The predicted molar refractivity (Wildman–Crippen MR) is 101 cm³/mol. The van der Waals surface area contributed by atoms with Crippen molar-refractivity contribution in [3.05, 3.63) is 48.4 Å². The Hall–Kier alpha value is -2.61. The van der Waals surface area contributed by atoms with Crippen LogP contribution in [0.25, 0.3) is 33.3 Å². The lowest BCUT2D eigenvalue weighted by Gasteiger charge is -2.11. The average Bonchev–Trinajstić information content (AvgIpc) is 2.97. The lowest BCUT2D eigenvalue weighted by molar-refractivity contribution is -0.141. The SMILES string of the molecule is CCSc1c(-c2nc3cc(C(F)(F)F)ncc3n2C)ccc2ncccc12. The summed E-state index contributed by atoms with van der Waals surface area (Å²) in [7, 11) is 1.79. The molecular weight excluding hydrogens is 373 g/mol. The highest BCUT2D eigenvalue weighted by molar-refractivity contribution is 7.99. The molecular formula is C19H15F3N4S. The van der Waals surface area contributed by atoms with Gasteiger partial charge in [0.2, 0.25) is 0 Å². The van der Waals surface area contributed by atoms with Gasteiger partial charge in [-0.15, -0.1) is 11.8 Å². The number of halogens is 3. The molecule has 0 spiro atoms. The second-order valence-electron chi connectivity index (χ2n) is 6.00. The second kappa shape index (κ2) is 6.53. The van der Waals surface area contributed by atoms with Gasteiger partial charge in [0.15, 0.2) is 0 Å². The van der Waals surface area contributed by atoms with E-state index in [1.807, 2.05) is 24.3 Å². The molecule has 0 fully saturated rings. The van der Waals surface area contributed by atoms with Crippen LogP contribution < -0.4 is 0 Å². The minimum atomic E-state index is -4.50. The standard InChI is InChI=1S/C19H15F3N4S/c1-3-27-17-11-5-4-8-23-13(11)7-6-12(17)18-25-14-9-16(19(20,21)22)24-10-15(14)26(18)2/h4-10H,3H2,1-2H3. The molecule has 0 saturated heterocycles. The van der Waals surface area contributed by atoms with E-state index in [0.29, 0.717) is 11.3 Å². The normalized spacial score (nSPS) is 12.2. The molecule has 0 N–H and O–H groups in total. The van der Waals surface area contributed by atoms with Crippen molar-refractivity contribution >= 4 is 33.7 Å². The molecule has 8 heteroatoms. The van der Waals surface area contributed by atoms with Crippen LogP contribution in [0, 0.1) is 0 Å². The zero-order valence-corrected chi connectivity index (χ0v) is 15.4. The molecule has 0 amide bonds. The fourth-order valence-corrected chi connectivity index (χ4v) is 4.02. The van der Waals surface area contributed by atoms with Crippen molar-refractivity contribution in [1.29, 1.82) is 0 Å². The molecule has 4 nitrogen and oxygen atoms in total. The van der Waals surface area contributed by atoms with E-state index in [2.05, 4.69) is 21.9 Å². The Morgan fingerprint density at radius 3 is 2.67 bits per heavy atom. The molecule has 0 bridgehead atoms. The van der Waals surface area contributed by atoms with Gasteiger partial charge in [0, 0.05) is 29.1 Å². The lowest BCUT2D eigenvalue weighted by Crippen LogP contribution is -2.07. The molecule has 3 aromatic heterocycles. The average molecular weight is 388 g/mol. The molecule has 0 radical (unpaired) electrons. The maximum absolute atomic E-state index is 13.0.